The standard InChI is InChI=1S/C12H21NO4/c1-8(2)7-16-10(14)9(3)13-11(15)17-12(4,5)6/h9H,1,7H2,2-6H3,(H,13,15). The molecule has 98 valence electrons. The van der Waals surface area contributed by atoms with Gasteiger partial charge in [0.05, 0.1) is 0 Å². The van der Waals surface area contributed by atoms with Crippen LogP contribution in [0.3, 0.4) is 0 Å². The summed E-state index contributed by atoms with van der Waals surface area (Å²) in [5, 5.41) is 2.39. The van der Waals surface area contributed by atoms with Gasteiger partial charge in [0.1, 0.15) is 18.2 Å². The van der Waals surface area contributed by atoms with E-state index in [4.69, 9.17) is 9.47 Å². The van der Waals surface area contributed by atoms with E-state index in [1.165, 1.54) is 6.92 Å². The van der Waals surface area contributed by atoms with E-state index in [0.29, 0.717) is 0 Å². The fourth-order valence-electron chi connectivity index (χ4n) is 0.863. The first kappa shape index (κ1) is 15.5. The molecular formula is C12H21NO4. The Bertz CT molecular complexity index is 304. The average molecular weight is 243 g/mol. The van der Waals surface area contributed by atoms with Crippen LogP contribution in [0.5, 0.6) is 0 Å². The Hall–Kier alpha value is -1.52. The first-order chi connectivity index (χ1) is 7.61. The van der Waals surface area contributed by atoms with Crippen LogP contribution >= 0.6 is 0 Å². The lowest BCUT2D eigenvalue weighted by molar-refractivity contribution is -0.144. The van der Waals surface area contributed by atoms with Crippen molar-refractivity contribution in [3.8, 4) is 0 Å². The third-order valence-electron chi connectivity index (χ3n) is 1.55. The molecule has 0 aliphatic heterocycles. The molecule has 0 saturated carbocycles. The van der Waals surface area contributed by atoms with Crippen LogP contribution in [0.1, 0.15) is 34.6 Å². The summed E-state index contributed by atoms with van der Waals surface area (Å²) in [5.41, 5.74) is 0.147. The highest BCUT2D eigenvalue weighted by Gasteiger charge is 2.21. The van der Waals surface area contributed by atoms with Crippen LogP contribution < -0.4 is 5.32 Å². The van der Waals surface area contributed by atoms with Gasteiger partial charge >= 0.3 is 12.1 Å². The van der Waals surface area contributed by atoms with Gasteiger partial charge in [0.2, 0.25) is 0 Å². The van der Waals surface area contributed by atoms with E-state index in [0.717, 1.165) is 5.57 Å². The molecule has 0 bridgehead atoms. The molecule has 0 aromatic heterocycles. The van der Waals surface area contributed by atoms with Gasteiger partial charge in [-0.2, -0.15) is 0 Å². The SMILES string of the molecule is C=C(C)COC(=O)C(C)NC(=O)OC(C)(C)C. The molecule has 0 aliphatic carbocycles. The molecule has 0 fully saturated rings. The molecule has 1 amide bonds. The third kappa shape index (κ3) is 8.30. The molecule has 0 heterocycles. The van der Waals surface area contributed by atoms with Crippen LogP contribution in [0.4, 0.5) is 4.79 Å². The summed E-state index contributed by atoms with van der Waals surface area (Å²) >= 11 is 0. The summed E-state index contributed by atoms with van der Waals surface area (Å²) in [5.74, 6) is -0.515. The van der Waals surface area contributed by atoms with Crippen LogP contribution in [0, 0.1) is 0 Å². The second-order valence-corrected chi connectivity index (χ2v) is 4.93. The second kappa shape index (κ2) is 6.27. The molecule has 0 aliphatic rings. The van der Waals surface area contributed by atoms with E-state index in [2.05, 4.69) is 11.9 Å². The largest absolute Gasteiger partial charge is 0.460 e. The number of hydrogen-bond donors (Lipinski definition) is 1. The number of esters is 1. The van der Waals surface area contributed by atoms with Gasteiger partial charge in [-0.15, -0.1) is 0 Å². The van der Waals surface area contributed by atoms with E-state index in [9.17, 15) is 9.59 Å². The van der Waals surface area contributed by atoms with Crippen LogP contribution in [-0.2, 0) is 14.3 Å². The predicted molar refractivity (Wildman–Crippen MR) is 64.6 cm³/mol. The van der Waals surface area contributed by atoms with Gasteiger partial charge in [-0.1, -0.05) is 6.58 Å². The first-order valence-electron chi connectivity index (χ1n) is 5.42. The van der Waals surface area contributed by atoms with Crippen LogP contribution in [0.15, 0.2) is 12.2 Å². The number of nitrogens with one attached hydrogen (secondary N) is 1. The van der Waals surface area contributed by atoms with Crippen molar-refractivity contribution in [3.63, 3.8) is 0 Å². The van der Waals surface area contributed by atoms with Crippen LogP contribution in [-0.4, -0.2) is 30.3 Å². The fourth-order valence-corrected chi connectivity index (χ4v) is 0.863. The quantitative estimate of drug-likeness (QED) is 0.606. The minimum absolute atomic E-state index is 0.152. The molecule has 0 spiro atoms. The maximum Gasteiger partial charge on any atom is 0.408 e. The van der Waals surface area contributed by atoms with Crippen LogP contribution in [0.25, 0.3) is 0 Å². The highest BCUT2D eigenvalue weighted by atomic mass is 16.6. The number of rotatable bonds is 4. The Morgan fingerprint density at radius 1 is 1.35 bits per heavy atom. The maximum atomic E-state index is 11.4. The number of ether oxygens (including phenoxy) is 2. The molecule has 0 aromatic carbocycles. The van der Waals surface area contributed by atoms with Crippen molar-refractivity contribution in [2.45, 2.75) is 46.3 Å². The van der Waals surface area contributed by atoms with Gasteiger partial charge < -0.3 is 14.8 Å². The molecule has 17 heavy (non-hydrogen) atoms. The van der Waals surface area contributed by atoms with E-state index >= 15 is 0 Å². The first-order valence-corrected chi connectivity index (χ1v) is 5.42. The van der Waals surface area contributed by atoms with Crippen molar-refractivity contribution in [2.24, 2.45) is 0 Å². The lowest BCUT2D eigenvalue weighted by Crippen LogP contribution is -2.42. The minimum Gasteiger partial charge on any atom is -0.460 e. The molecule has 1 atom stereocenters. The molecule has 1 N–H and O–H groups in total. The zero-order valence-electron chi connectivity index (χ0n) is 11.1. The average Bonchev–Trinajstić information content (AvgIpc) is 2.10. The fraction of sp³-hybridized carbons (Fsp3) is 0.667. The Morgan fingerprint density at radius 2 is 1.88 bits per heavy atom. The zero-order valence-corrected chi connectivity index (χ0v) is 11.1. The highest BCUT2D eigenvalue weighted by molar-refractivity contribution is 5.81. The minimum atomic E-state index is -0.746. The van der Waals surface area contributed by atoms with Crippen LogP contribution in [0.2, 0.25) is 0 Å². The zero-order chi connectivity index (χ0) is 13.6. The number of carbonyl (C=O) groups is 2. The molecule has 5 heteroatoms. The summed E-state index contributed by atoms with van der Waals surface area (Å²) in [6.07, 6.45) is -0.641. The van der Waals surface area contributed by atoms with Gasteiger partial charge in [0.15, 0.2) is 0 Å². The predicted octanol–water partition coefficient (Wildman–Crippen LogP) is 2.02. The number of carbonyl (C=O) groups excluding carboxylic acids is 2. The van der Waals surface area contributed by atoms with Crippen molar-refractivity contribution >= 4 is 12.1 Å². The lowest BCUT2D eigenvalue weighted by Gasteiger charge is -2.21. The summed E-state index contributed by atoms with van der Waals surface area (Å²) in [4.78, 5) is 22.8. The van der Waals surface area contributed by atoms with E-state index in [1.807, 2.05) is 0 Å². The molecule has 1 unspecified atom stereocenters. The molecular weight excluding hydrogens is 222 g/mol. The van der Waals surface area contributed by atoms with Crippen molar-refractivity contribution in [2.75, 3.05) is 6.61 Å². The van der Waals surface area contributed by atoms with E-state index in [1.54, 1.807) is 27.7 Å². The molecule has 5 nitrogen and oxygen atoms in total. The van der Waals surface area contributed by atoms with Crippen molar-refractivity contribution in [3.05, 3.63) is 12.2 Å². The Labute approximate surface area is 102 Å². The maximum absolute atomic E-state index is 11.4. The molecule has 0 saturated heterocycles. The Kier molecular flexibility index (Phi) is 5.71. The van der Waals surface area contributed by atoms with Crippen molar-refractivity contribution in [1.82, 2.24) is 5.32 Å². The van der Waals surface area contributed by atoms with Gasteiger partial charge in [-0.25, -0.2) is 9.59 Å². The summed E-state index contributed by atoms with van der Waals surface area (Å²) in [6.45, 7) is 12.3. The van der Waals surface area contributed by atoms with E-state index < -0.39 is 23.7 Å². The molecule has 0 aromatic rings. The summed E-state index contributed by atoms with van der Waals surface area (Å²) in [6, 6.07) is -0.746. The normalized spacial score (nSPS) is 12.5. The highest BCUT2D eigenvalue weighted by Crippen LogP contribution is 2.06. The monoisotopic (exact) mass is 243 g/mol. The number of amides is 1. The topological polar surface area (TPSA) is 64.6 Å². The lowest BCUT2D eigenvalue weighted by atomic mass is 10.2. The molecule has 0 radical (unpaired) electrons. The number of alkyl carbamates (subject to hydrolysis) is 1. The summed E-state index contributed by atoms with van der Waals surface area (Å²) in [7, 11) is 0. The third-order valence-corrected chi connectivity index (χ3v) is 1.55. The Balaban J connectivity index is 4.08. The second-order valence-electron chi connectivity index (χ2n) is 4.93. The summed E-state index contributed by atoms with van der Waals surface area (Å²) < 4.78 is 9.90. The van der Waals surface area contributed by atoms with Gasteiger partial charge in [0.25, 0.3) is 0 Å². The van der Waals surface area contributed by atoms with Crippen molar-refractivity contribution < 1.29 is 19.1 Å². The van der Waals surface area contributed by atoms with Gasteiger partial charge in [0, 0.05) is 0 Å². The number of hydrogen-bond acceptors (Lipinski definition) is 4. The van der Waals surface area contributed by atoms with Crippen molar-refractivity contribution in [1.29, 1.82) is 0 Å². The Morgan fingerprint density at radius 3 is 2.29 bits per heavy atom. The van der Waals surface area contributed by atoms with Gasteiger partial charge in [-0.05, 0) is 40.2 Å². The van der Waals surface area contributed by atoms with E-state index in [-0.39, 0.29) is 6.61 Å². The smallest absolute Gasteiger partial charge is 0.408 e. The molecule has 0 rings (SSSR count). The van der Waals surface area contributed by atoms with Gasteiger partial charge in [-0.3, -0.25) is 0 Å².